The molecule has 0 aliphatic heterocycles. The molecular formula is C13H25NO3. The van der Waals surface area contributed by atoms with Gasteiger partial charge in [-0.3, -0.25) is 9.59 Å². The van der Waals surface area contributed by atoms with E-state index in [1.165, 1.54) is 0 Å². The van der Waals surface area contributed by atoms with Crippen LogP contribution in [0.3, 0.4) is 0 Å². The van der Waals surface area contributed by atoms with Crippen molar-refractivity contribution in [3.8, 4) is 0 Å². The number of unbranched alkanes of at least 4 members (excludes halogenated alkanes) is 2. The van der Waals surface area contributed by atoms with Crippen LogP contribution in [0.5, 0.6) is 0 Å². The highest BCUT2D eigenvalue weighted by Crippen LogP contribution is 2.31. The van der Waals surface area contributed by atoms with E-state index >= 15 is 0 Å². The molecule has 1 atom stereocenters. The highest BCUT2D eigenvalue weighted by atomic mass is 16.4. The van der Waals surface area contributed by atoms with E-state index in [0.29, 0.717) is 6.54 Å². The summed E-state index contributed by atoms with van der Waals surface area (Å²) in [5, 5.41) is 12.0. The molecule has 17 heavy (non-hydrogen) atoms. The van der Waals surface area contributed by atoms with Crippen molar-refractivity contribution in [2.24, 2.45) is 11.3 Å². The fraction of sp³-hybridized carbons (Fsp3) is 0.846. The number of hydrogen-bond acceptors (Lipinski definition) is 2. The van der Waals surface area contributed by atoms with Crippen LogP contribution >= 0.6 is 0 Å². The van der Waals surface area contributed by atoms with Gasteiger partial charge in [-0.15, -0.1) is 0 Å². The molecular weight excluding hydrogens is 218 g/mol. The molecule has 0 fully saturated rings. The second kappa shape index (κ2) is 7.30. The number of carboxylic acid groups (broad SMARTS) is 1. The molecule has 0 saturated heterocycles. The van der Waals surface area contributed by atoms with Crippen LogP contribution in [-0.4, -0.2) is 23.5 Å². The summed E-state index contributed by atoms with van der Waals surface area (Å²) >= 11 is 0. The van der Waals surface area contributed by atoms with Gasteiger partial charge < -0.3 is 10.4 Å². The Kier molecular flexibility index (Phi) is 6.85. The predicted molar refractivity (Wildman–Crippen MR) is 67.7 cm³/mol. The molecule has 0 bridgehead atoms. The fourth-order valence-electron chi connectivity index (χ4n) is 1.53. The third kappa shape index (κ3) is 5.20. The minimum absolute atomic E-state index is 0.0477. The zero-order valence-electron chi connectivity index (χ0n) is 11.4. The third-order valence-corrected chi connectivity index (χ3v) is 3.39. The van der Waals surface area contributed by atoms with Gasteiger partial charge in [-0.2, -0.15) is 0 Å². The Balaban J connectivity index is 4.20. The van der Waals surface area contributed by atoms with E-state index < -0.39 is 11.4 Å². The minimum atomic E-state index is -0.977. The van der Waals surface area contributed by atoms with E-state index in [4.69, 9.17) is 0 Å². The van der Waals surface area contributed by atoms with Crippen LogP contribution < -0.4 is 5.32 Å². The largest absolute Gasteiger partial charge is 0.481 e. The molecule has 0 aliphatic rings. The van der Waals surface area contributed by atoms with Crippen molar-refractivity contribution in [3.63, 3.8) is 0 Å². The molecule has 0 radical (unpaired) electrons. The fourth-order valence-corrected chi connectivity index (χ4v) is 1.53. The first kappa shape index (κ1) is 15.9. The van der Waals surface area contributed by atoms with Gasteiger partial charge >= 0.3 is 5.97 Å². The van der Waals surface area contributed by atoms with Crippen LogP contribution in [-0.2, 0) is 9.59 Å². The minimum Gasteiger partial charge on any atom is -0.481 e. The quantitative estimate of drug-likeness (QED) is 0.643. The van der Waals surface area contributed by atoms with Crippen molar-refractivity contribution in [2.45, 2.75) is 53.4 Å². The van der Waals surface area contributed by atoms with Crippen LogP contribution in [0.25, 0.3) is 0 Å². The number of nitrogens with one attached hydrogen (secondary N) is 1. The normalized spacial score (nSPS) is 14.4. The summed E-state index contributed by atoms with van der Waals surface area (Å²) in [6, 6.07) is 0. The van der Waals surface area contributed by atoms with Crippen molar-refractivity contribution in [2.75, 3.05) is 6.54 Å². The summed E-state index contributed by atoms with van der Waals surface area (Å²) in [4.78, 5) is 22.9. The monoisotopic (exact) mass is 243 g/mol. The average molecular weight is 243 g/mol. The van der Waals surface area contributed by atoms with Crippen LogP contribution in [0, 0.1) is 11.3 Å². The topological polar surface area (TPSA) is 66.4 Å². The Morgan fingerprint density at radius 3 is 2.29 bits per heavy atom. The maximum Gasteiger partial charge on any atom is 0.310 e. The zero-order chi connectivity index (χ0) is 13.5. The van der Waals surface area contributed by atoms with Crippen molar-refractivity contribution in [1.82, 2.24) is 5.32 Å². The summed E-state index contributed by atoms with van der Waals surface area (Å²) in [6.45, 7) is 8.03. The lowest BCUT2D eigenvalue weighted by Gasteiger charge is -2.28. The summed E-state index contributed by atoms with van der Waals surface area (Å²) in [6.07, 6.45) is 3.19. The first-order valence-corrected chi connectivity index (χ1v) is 6.34. The average Bonchev–Trinajstić information content (AvgIpc) is 2.23. The van der Waals surface area contributed by atoms with Gasteiger partial charge in [0.15, 0.2) is 0 Å². The van der Waals surface area contributed by atoms with Gasteiger partial charge in [-0.05, 0) is 19.3 Å². The molecule has 1 amide bonds. The first-order chi connectivity index (χ1) is 7.84. The summed E-state index contributed by atoms with van der Waals surface area (Å²) in [5.74, 6) is -1.14. The lowest BCUT2D eigenvalue weighted by molar-refractivity contribution is -0.153. The molecule has 4 heteroatoms. The van der Waals surface area contributed by atoms with Crippen LogP contribution in [0.4, 0.5) is 0 Å². The highest BCUT2D eigenvalue weighted by molar-refractivity contribution is 5.84. The second-order valence-electron chi connectivity index (χ2n) is 5.11. The van der Waals surface area contributed by atoms with E-state index in [1.54, 1.807) is 6.92 Å². The number of rotatable bonds is 8. The molecule has 100 valence electrons. The van der Waals surface area contributed by atoms with Crippen molar-refractivity contribution >= 4 is 11.9 Å². The molecule has 0 heterocycles. The maximum atomic E-state index is 11.7. The molecule has 0 aliphatic carbocycles. The SMILES string of the molecule is CCCCCNC(=O)CC(C)(C(=O)O)C(C)C. The van der Waals surface area contributed by atoms with Gasteiger partial charge in [0.05, 0.1) is 5.41 Å². The molecule has 0 spiro atoms. The van der Waals surface area contributed by atoms with E-state index in [1.807, 2.05) is 13.8 Å². The van der Waals surface area contributed by atoms with Gasteiger partial charge in [0, 0.05) is 13.0 Å². The number of aliphatic carboxylic acids is 1. The molecule has 0 aromatic carbocycles. The number of amides is 1. The van der Waals surface area contributed by atoms with Crippen molar-refractivity contribution in [3.05, 3.63) is 0 Å². The predicted octanol–water partition coefficient (Wildman–Crippen LogP) is 2.43. The third-order valence-electron chi connectivity index (χ3n) is 3.39. The number of carbonyl (C=O) groups is 2. The van der Waals surface area contributed by atoms with Gasteiger partial charge in [-0.1, -0.05) is 33.6 Å². The second-order valence-corrected chi connectivity index (χ2v) is 5.11. The zero-order valence-corrected chi connectivity index (χ0v) is 11.4. The smallest absolute Gasteiger partial charge is 0.310 e. The Labute approximate surface area is 104 Å². The lowest BCUT2D eigenvalue weighted by atomic mass is 9.76. The molecule has 4 nitrogen and oxygen atoms in total. The molecule has 2 N–H and O–H groups in total. The van der Waals surface area contributed by atoms with E-state index in [2.05, 4.69) is 12.2 Å². The van der Waals surface area contributed by atoms with Crippen LogP contribution in [0.1, 0.15) is 53.4 Å². The summed E-state index contributed by atoms with van der Waals surface area (Å²) in [5.41, 5.74) is -0.977. The summed E-state index contributed by atoms with van der Waals surface area (Å²) in [7, 11) is 0. The van der Waals surface area contributed by atoms with Gasteiger partial charge in [-0.25, -0.2) is 0 Å². The van der Waals surface area contributed by atoms with Gasteiger partial charge in [0.1, 0.15) is 0 Å². The Bertz CT molecular complexity index is 263. The Morgan fingerprint density at radius 2 is 1.88 bits per heavy atom. The number of carboxylic acids is 1. The van der Waals surface area contributed by atoms with E-state index in [-0.39, 0.29) is 18.2 Å². The van der Waals surface area contributed by atoms with Crippen molar-refractivity contribution < 1.29 is 14.7 Å². The Hall–Kier alpha value is -1.06. The maximum absolute atomic E-state index is 11.7. The lowest BCUT2D eigenvalue weighted by Crippen LogP contribution is -2.39. The van der Waals surface area contributed by atoms with Gasteiger partial charge in [0.2, 0.25) is 5.91 Å². The molecule has 0 aromatic heterocycles. The van der Waals surface area contributed by atoms with Crippen LogP contribution in [0.15, 0.2) is 0 Å². The van der Waals surface area contributed by atoms with Crippen LogP contribution in [0.2, 0.25) is 0 Å². The molecule has 0 aromatic rings. The standard InChI is InChI=1S/C13H25NO3/c1-5-6-7-8-14-11(15)9-13(4,10(2)3)12(16)17/h10H,5-9H2,1-4H3,(H,14,15)(H,16,17). The Morgan fingerprint density at radius 1 is 1.29 bits per heavy atom. The number of carbonyl (C=O) groups excluding carboxylic acids is 1. The van der Waals surface area contributed by atoms with E-state index in [9.17, 15) is 14.7 Å². The molecule has 1 unspecified atom stereocenters. The highest BCUT2D eigenvalue weighted by Gasteiger charge is 2.38. The first-order valence-electron chi connectivity index (χ1n) is 6.34. The number of hydrogen-bond donors (Lipinski definition) is 2. The molecule has 0 rings (SSSR count). The van der Waals surface area contributed by atoms with Crippen molar-refractivity contribution in [1.29, 1.82) is 0 Å². The summed E-state index contributed by atoms with van der Waals surface area (Å²) < 4.78 is 0. The van der Waals surface area contributed by atoms with E-state index in [0.717, 1.165) is 19.3 Å². The molecule has 0 saturated carbocycles. The van der Waals surface area contributed by atoms with Gasteiger partial charge in [0.25, 0.3) is 0 Å².